The lowest BCUT2D eigenvalue weighted by Crippen LogP contribution is -2.43. The van der Waals surface area contributed by atoms with Crippen LogP contribution >= 0.6 is 0 Å². The molecule has 1 saturated heterocycles. The van der Waals surface area contributed by atoms with E-state index >= 15 is 0 Å². The molecule has 1 heterocycles. The number of nitrogens with zero attached hydrogens (tertiary/aromatic N) is 2. The summed E-state index contributed by atoms with van der Waals surface area (Å²) in [5, 5.41) is 0. The van der Waals surface area contributed by atoms with E-state index in [1.54, 1.807) is 0 Å². The summed E-state index contributed by atoms with van der Waals surface area (Å²) < 4.78 is 0. The third kappa shape index (κ3) is 6.27. The van der Waals surface area contributed by atoms with E-state index in [9.17, 15) is 0 Å². The predicted octanol–water partition coefficient (Wildman–Crippen LogP) is 4.15. The van der Waals surface area contributed by atoms with Gasteiger partial charge in [-0.1, -0.05) is 6.42 Å². The molecule has 0 aromatic heterocycles. The molecule has 0 saturated carbocycles. The van der Waals surface area contributed by atoms with Crippen LogP contribution < -0.4 is 0 Å². The van der Waals surface area contributed by atoms with Crippen LogP contribution in [0.4, 0.5) is 0 Å². The SMILES string of the molecule is CC(C)(C)N1CCCCCN(C(C)(C)C)CCCC1. The first kappa shape index (κ1) is 17.0. The minimum atomic E-state index is 0.331. The molecule has 0 aromatic carbocycles. The van der Waals surface area contributed by atoms with Gasteiger partial charge in [0.1, 0.15) is 0 Å². The van der Waals surface area contributed by atoms with Crippen molar-refractivity contribution in [1.82, 2.24) is 9.80 Å². The van der Waals surface area contributed by atoms with Gasteiger partial charge in [-0.25, -0.2) is 0 Å². The minimum Gasteiger partial charge on any atom is -0.298 e. The Morgan fingerprint density at radius 3 is 1.00 bits per heavy atom. The van der Waals surface area contributed by atoms with Gasteiger partial charge < -0.3 is 0 Å². The topological polar surface area (TPSA) is 6.48 Å². The van der Waals surface area contributed by atoms with Crippen LogP contribution in [-0.2, 0) is 0 Å². The fourth-order valence-electron chi connectivity index (χ4n) is 2.95. The Hall–Kier alpha value is -0.0800. The first-order valence-corrected chi connectivity index (χ1v) is 8.21. The van der Waals surface area contributed by atoms with Crippen LogP contribution in [0.15, 0.2) is 0 Å². The molecule has 0 aromatic rings. The molecule has 1 aliphatic heterocycles. The Balaban J connectivity index is 2.55. The van der Waals surface area contributed by atoms with Crippen molar-refractivity contribution in [3.63, 3.8) is 0 Å². The lowest BCUT2D eigenvalue weighted by molar-refractivity contribution is 0.123. The van der Waals surface area contributed by atoms with Crippen LogP contribution in [0.25, 0.3) is 0 Å². The summed E-state index contributed by atoms with van der Waals surface area (Å²) in [6.07, 6.45) is 6.76. The maximum absolute atomic E-state index is 2.68. The Labute approximate surface area is 121 Å². The normalized spacial score (nSPS) is 23.1. The van der Waals surface area contributed by atoms with Crippen LogP contribution in [0.5, 0.6) is 0 Å². The van der Waals surface area contributed by atoms with Crippen LogP contribution in [-0.4, -0.2) is 47.1 Å². The van der Waals surface area contributed by atoms with Crippen LogP contribution in [0, 0.1) is 0 Å². The third-order valence-corrected chi connectivity index (χ3v) is 4.36. The Morgan fingerprint density at radius 1 is 0.474 bits per heavy atom. The zero-order valence-corrected chi connectivity index (χ0v) is 14.3. The van der Waals surface area contributed by atoms with E-state index < -0.39 is 0 Å². The van der Waals surface area contributed by atoms with E-state index in [-0.39, 0.29) is 0 Å². The van der Waals surface area contributed by atoms with E-state index in [2.05, 4.69) is 51.3 Å². The highest BCUT2D eigenvalue weighted by Gasteiger charge is 2.23. The summed E-state index contributed by atoms with van der Waals surface area (Å²) >= 11 is 0. The fraction of sp³-hybridized carbons (Fsp3) is 1.00. The van der Waals surface area contributed by atoms with Crippen molar-refractivity contribution in [2.24, 2.45) is 0 Å². The Kier molecular flexibility index (Phi) is 6.32. The average molecular weight is 268 g/mol. The standard InChI is InChI=1S/C17H36N2/c1-16(2,3)18-12-8-7-9-13-19(17(4,5)6)15-11-10-14-18/h7-15H2,1-6H3. The lowest BCUT2D eigenvalue weighted by Gasteiger charge is -2.36. The second-order valence-corrected chi connectivity index (χ2v) is 8.08. The number of hydrogen-bond acceptors (Lipinski definition) is 2. The van der Waals surface area contributed by atoms with E-state index in [1.165, 1.54) is 58.3 Å². The molecule has 1 aliphatic rings. The molecule has 0 bridgehead atoms. The zero-order valence-electron chi connectivity index (χ0n) is 14.3. The molecule has 0 amide bonds. The minimum absolute atomic E-state index is 0.331. The Bertz CT molecular complexity index is 221. The van der Waals surface area contributed by atoms with Crippen molar-refractivity contribution in [2.75, 3.05) is 26.2 Å². The molecule has 0 unspecified atom stereocenters. The third-order valence-electron chi connectivity index (χ3n) is 4.36. The predicted molar refractivity (Wildman–Crippen MR) is 85.7 cm³/mol. The van der Waals surface area contributed by atoms with Crippen LogP contribution in [0.2, 0.25) is 0 Å². The number of hydrogen-bond donors (Lipinski definition) is 0. The number of rotatable bonds is 0. The quantitative estimate of drug-likeness (QED) is 0.651. The molecule has 0 radical (unpaired) electrons. The summed E-state index contributed by atoms with van der Waals surface area (Å²) in [5.74, 6) is 0. The maximum Gasteiger partial charge on any atom is 0.0125 e. The van der Waals surface area contributed by atoms with Crippen molar-refractivity contribution in [3.8, 4) is 0 Å². The second kappa shape index (κ2) is 7.08. The summed E-state index contributed by atoms with van der Waals surface area (Å²) in [6, 6.07) is 0. The maximum atomic E-state index is 2.68. The average Bonchev–Trinajstić information content (AvgIpc) is 2.29. The Morgan fingerprint density at radius 2 is 0.737 bits per heavy atom. The molecule has 2 nitrogen and oxygen atoms in total. The second-order valence-electron chi connectivity index (χ2n) is 8.08. The molecular formula is C17H36N2. The van der Waals surface area contributed by atoms with Crippen LogP contribution in [0.3, 0.4) is 0 Å². The van der Waals surface area contributed by atoms with Gasteiger partial charge in [-0.15, -0.1) is 0 Å². The van der Waals surface area contributed by atoms with Gasteiger partial charge in [0.15, 0.2) is 0 Å². The first-order chi connectivity index (χ1) is 8.71. The van der Waals surface area contributed by atoms with Gasteiger partial charge >= 0.3 is 0 Å². The van der Waals surface area contributed by atoms with Crippen molar-refractivity contribution in [1.29, 1.82) is 0 Å². The highest BCUT2D eigenvalue weighted by molar-refractivity contribution is 4.79. The van der Waals surface area contributed by atoms with E-state index in [4.69, 9.17) is 0 Å². The molecule has 114 valence electrons. The van der Waals surface area contributed by atoms with Gasteiger partial charge in [0, 0.05) is 11.1 Å². The molecule has 0 spiro atoms. The zero-order chi connectivity index (χ0) is 14.5. The largest absolute Gasteiger partial charge is 0.298 e. The molecule has 1 rings (SSSR count). The molecule has 0 atom stereocenters. The van der Waals surface area contributed by atoms with Crippen molar-refractivity contribution in [3.05, 3.63) is 0 Å². The molecule has 19 heavy (non-hydrogen) atoms. The van der Waals surface area contributed by atoms with E-state index in [0.29, 0.717) is 11.1 Å². The highest BCUT2D eigenvalue weighted by atomic mass is 15.2. The van der Waals surface area contributed by atoms with Gasteiger partial charge in [0.05, 0.1) is 0 Å². The van der Waals surface area contributed by atoms with Gasteiger partial charge in [-0.3, -0.25) is 9.80 Å². The summed E-state index contributed by atoms with van der Waals surface area (Å²) in [7, 11) is 0. The summed E-state index contributed by atoms with van der Waals surface area (Å²) in [5.41, 5.74) is 0.662. The molecular weight excluding hydrogens is 232 g/mol. The van der Waals surface area contributed by atoms with Gasteiger partial charge in [0.2, 0.25) is 0 Å². The monoisotopic (exact) mass is 268 g/mol. The molecule has 2 heteroatoms. The van der Waals surface area contributed by atoms with E-state index in [0.717, 1.165) is 0 Å². The molecule has 0 N–H and O–H groups in total. The van der Waals surface area contributed by atoms with Crippen LogP contribution in [0.1, 0.15) is 73.6 Å². The smallest absolute Gasteiger partial charge is 0.0125 e. The summed E-state index contributed by atoms with van der Waals surface area (Å²) in [4.78, 5) is 5.36. The van der Waals surface area contributed by atoms with E-state index in [1.807, 2.05) is 0 Å². The van der Waals surface area contributed by atoms with Gasteiger partial charge in [-0.2, -0.15) is 0 Å². The van der Waals surface area contributed by atoms with Gasteiger partial charge in [0.25, 0.3) is 0 Å². The van der Waals surface area contributed by atoms with Crippen molar-refractivity contribution in [2.45, 2.75) is 84.7 Å². The first-order valence-electron chi connectivity index (χ1n) is 8.21. The molecule has 0 aliphatic carbocycles. The van der Waals surface area contributed by atoms with Crippen molar-refractivity contribution >= 4 is 0 Å². The highest BCUT2D eigenvalue weighted by Crippen LogP contribution is 2.19. The summed E-state index contributed by atoms with van der Waals surface area (Å²) in [6.45, 7) is 19.2. The molecule has 1 fully saturated rings. The fourth-order valence-corrected chi connectivity index (χ4v) is 2.95. The lowest BCUT2D eigenvalue weighted by atomic mass is 10.0. The van der Waals surface area contributed by atoms with Crippen molar-refractivity contribution < 1.29 is 0 Å². The van der Waals surface area contributed by atoms with Gasteiger partial charge in [-0.05, 0) is 93.4 Å².